The number of cyclic esters (lactones) is 1. The van der Waals surface area contributed by atoms with Crippen LogP contribution in [0.2, 0.25) is 0 Å². The van der Waals surface area contributed by atoms with Crippen molar-refractivity contribution in [2.75, 3.05) is 6.61 Å². The first kappa shape index (κ1) is 13.1. The van der Waals surface area contributed by atoms with Gasteiger partial charge in [-0.1, -0.05) is 0 Å². The number of ether oxygens (including phenoxy) is 2. The fourth-order valence-electron chi connectivity index (χ4n) is 1.06. The van der Waals surface area contributed by atoms with Gasteiger partial charge in [-0.2, -0.15) is 0 Å². The molecule has 1 heterocycles. The molecule has 0 aromatic carbocycles. The van der Waals surface area contributed by atoms with Crippen LogP contribution in [-0.2, 0) is 23.9 Å². The minimum Gasteiger partial charge on any atom is -0.870 e. The number of aliphatic hydroxyl groups excluding tert-OH is 2. The molecule has 2 atom stereocenters. The first-order chi connectivity index (χ1) is 7.88. The van der Waals surface area contributed by atoms with Crippen molar-refractivity contribution in [3.05, 3.63) is 11.5 Å². The van der Waals surface area contributed by atoms with Crippen molar-refractivity contribution < 1.29 is 39.2 Å². The lowest BCUT2D eigenvalue weighted by atomic mass is 10.2. The van der Waals surface area contributed by atoms with Crippen LogP contribution in [0, 0.1) is 0 Å². The number of ketones is 1. The van der Waals surface area contributed by atoms with Crippen LogP contribution in [0.5, 0.6) is 0 Å². The summed E-state index contributed by atoms with van der Waals surface area (Å²) in [5.74, 6) is -5.70. The molecule has 0 aromatic rings. The Hall–Kier alpha value is -1.93. The summed E-state index contributed by atoms with van der Waals surface area (Å²) in [7, 11) is 0. The highest BCUT2D eigenvalue weighted by molar-refractivity contribution is 6.33. The molecular formula is C9H9O8-. The van der Waals surface area contributed by atoms with E-state index in [1.54, 1.807) is 0 Å². The molecule has 8 heteroatoms. The van der Waals surface area contributed by atoms with E-state index < -0.39 is 48.1 Å². The highest BCUT2D eigenvalue weighted by atomic mass is 16.6. The monoisotopic (exact) mass is 245 g/mol. The van der Waals surface area contributed by atoms with Crippen LogP contribution in [0.15, 0.2) is 11.5 Å². The van der Waals surface area contributed by atoms with E-state index in [1.165, 1.54) is 0 Å². The molecule has 0 saturated carbocycles. The summed E-state index contributed by atoms with van der Waals surface area (Å²) < 4.78 is 8.63. The summed E-state index contributed by atoms with van der Waals surface area (Å²) in [4.78, 5) is 32.6. The molecule has 94 valence electrons. The number of hydrogen-bond donors (Lipinski definition) is 2. The van der Waals surface area contributed by atoms with Gasteiger partial charge in [0.2, 0.25) is 11.5 Å². The molecule has 2 unspecified atom stereocenters. The molecule has 1 rings (SSSR count). The lowest BCUT2D eigenvalue weighted by molar-refractivity contribution is -0.323. The third kappa shape index (κ3) is 2.60. The maximum absolute atomic E-state index is 11.4. The molecule has 0 fully saturated rings. The number of rotatable bonds is 4. The fraction of sp³-hybridized carbons (Fsp3) is 0.444. The van der Waals surface area contributed by atoms with Crippen LogP contribution in [0.3, 0.4) is 0 Å². The third-order valence-corrected chi connectivity index (χ3v) is 1.92. The average Bonchev–Trinajstić information content (AvgIpc) is 2.55. The number of carbonyl (C=O) groups excluding carboxylic acids is 3. The SMILES string of the molecule is CC(=O)C(=O)OC1=C([O-])C(C(O)CO)OC1=O. The molecule has 0 aromatic heterocycles. The van der Waals surface area contributed by atoms with Gasteiger partial charge in [-0.25, -0.2) is 9.59 Å². The second kappa shape index (κ2) is 4.93. The van der Waals surface area contributed by atoms with Gasteiger partial charge in [0.15, 0.2) is 0 Å². The van der Waals surface area contributed by atoms with Crippen LogP contribution in [-0.4, -0.2) is 46.7 Å². The van der Waals surface area contributed by atoms with Crippen molar-refractivity contribution in [2.24, 2.45) is 0 Å². The van der Waals surface area contributed by atoms with Gasteiger partial charge in [0.05, 0.1) is 6.61 Å². The van der Waals surface area contributed by atoms with E-state index in [4.69, 9.17) is 10.2 Å². The van der Waals surface area contributed by atoms with E-state index in [1.807, 2.05) is 0 Å². The highest BCUT2D eigenvalue weighted by Crippen LogP contribution is 2.22. The first-order valence-electron chi connectivity index (χ1n) is 4.52. The van der Waals surface area contributed by atoms with Gasteiger partial charge in [0, 0.05) is 6.92 Å². The number of aliphatic hydroxyl groups is 2. The molecule has 0 radical (unpaired) electrons. The smallest absolute Gasteiger partial charge is 0.379 e. The van der Waals surface area contributed by atoms with E-state index in [9.17, 15) is 19.5 Å². The molecule has 8 nitrogen and oxygen atoms in total. The number of hydrogen-bond acceptors (Lipinski definition) is 8. The second-order valence-corrected chi connectivity index (χ2v) is 3.21. The Bertz CT molecular complexity index is 396. The molecule has 17 heavy (non-hydrogen) atoms. The predicted molar refractivity (Wildman–Crippen MR) is 46.8 cm³/mol. The molecule has 0 saturated heterocycles. The highest BCUT2D eigenvalue weighted by Gasteiger charge is 2.36. The maximum Gasteiger partial charge on any atom is 0.379 e. The first-order valence-corrected chi connectivity index (χ1v) is 4.52. The van der Waals surface area contributed by atoms with Gasteiger partial charge in [-0.05, 0) is 5.76 Å². The molecule has 0 spiro atoms. The Morgan fingerprint density at radius 3 is 2.65 bits per heavy atom. The van der Waals surface area contributed by atoms with Gasteiger partial charge in [0.25, 0.3) is 0 Å². The Morgan fingerprint density at radius 1 is 1.59 bits per heavy atom. The van der Waals surface area contributed by atoms with E-state index in [0.29, 0.717) is 0 Å². The molecular weight excluding hydrogens is 236 g/mol. The number of carbonyl (C=O) groups is 3. The zero-order valence-electron chi connectivity index (χ0n) is 8.71. The van der Waals surface area contributed by atoms with Crippen LogP contribution >= 0.6 is 0 Å². The second-order valence-electron chi connectivity index (χ2n) is 3.21. The fourth-order valence-corrected chi connectivity index (χ4v) is 1.06. The molecule has 2 N–H and O–H groups in total. The standard InChI is InChI=1S/C9H10O8/c1-3(11)8(14)17-7-5(13)6(4(12)2-10)16-9(7)15/h4,6,10,12-13H,2H2,1H3/p-1. The summed E-state index contributed by atoms with van der Waals surface area (Å²) in [6.07, 6.45) is -3.23. The van der Waals surface area contributed by atoms with Crippen LogP contribution in [0.1, 0.15) is 6.92 Å². The number of Topliss-reactive ketones (excluding diaryl/α,β-unsaturated/α-hetero) is 1. The lowest BCUT2D eigenvalue weighted by Gasteiger charge is -2.20. The average molecular weight is 245 g/mol. The van der Waals surface area contributed by atoms with Crippen LogP contribution in [0.4, 0.5) is 0 Å². The Balaban J connectivity index is 2.89. The van der Waals surface area contributed by atoms with Crippen molar-refractivity contribution in [3.63, 3.8) is 0 Å². The molecule has 0 bridgehead atoms. The Kier molecular flexibility index (Phi) is 3.81. The van der Waals surface area contributed by atoms with E-state index >= 15 is 0 Å². The van der Waals surface area contributed by atoms with Gasteiger partial charge in [-0.3, -0.25) is 4.79 Å². The van der Waals surface area contributed by atoms with Crippen molar-refractivity contribution in [2.45, 2.75) is 19.1 Å². The minimum atomic E-state index is -1.62. The molecule has 1 aliphatic heterocycles. The summed E-state index contributed by atoms with van der Waals surface area (Å²) in [6, 6.07) is 0. The molecule has 0 amide bonds. The van der Waals surface area contributed by atoms with Gasteiger partial charge >= 0.3 is 11.9 Å². The normalized spacial score (nSPS) is 21.1. The van der Waals surface area contributed by atoms with Gasteiger partial charge in [-0.15, -0.1) is 0 Å². The number of esters is 2. The predicted octanol–water partition coefficient (Wildman–Crippen LogP) is -3.03. The minimum absolute atomic E-state index is 0.808. The van der Waals surface area contributed by atoms with Crippen LogP contribution < -0.4 is 5.11 Å². The van der Waals surface area contributed by atoms with Crippen molar-refractivity contribution in [1.82, 2.24) is 0 Å². The van der Waals surface area contributed by atoms with E-state index in [2.05, 4.69) is 9.47 Å². The van der Waals surface area contributed by atoms with Gasteiger partial charge < -0.3 is 24.8 Å². The van der Waals surface area contributed by atoms with Crippen molar-refractivity contribution in [3.8, 4) is 0 Å². The topological polar surface area (TPSA) is 133 Å². The largest absolute Gasteiger partial charge is 0.870 e. The summed E-state index contributed by atoms with van der Waals surface area (Å²) in [6.45, 7) is 0.0886. The van der Waals surface area contributed by atoms with Gasteiger partial charge in [0.1, 0.15) is 12.2 Å². The maximum atomic E-state index is 11.4. The summed E-state index contributed by atoms with van der Waals surface area (Å²) >= 11 is 0. The Labute approximate surface area is 95.1 Å². The van der Waals surface area contributed by atoms with Crippen molar-refractivity contribution >= 4 is 17.7 Å². The summed E-state index contributed by atoms with van der Waals surface area (Å²) in [5.41, 5.74) is 0. The zero-order chi connectivity index (χ0) is 13.2. The quantitative estimate of drug-likeness (QED) is 0.394. The van der Waals surface area contributed by atoms with E-state index in [-0.39, 0.29) is 0 Å². The van der Waals surface area contributed by atoms with Crippen molar-refractivity contribution in [1.29, 1.82) is 0 Å². The summed E-state index contributed by atoms with van der Waals surface area (Å²) in [5, 5.41) is 29.2. The van der Waals surface area contributed by atoms with Crippen LogP contribution in [0.25, 0.3) is 0 Å². The van der Waals surface area contributed by atoms with E-state index in [0.717, 1.165) is 6.92 Å². The molecule has 0 aliphatic carbocycles. The third-order valence-electron chi connectivity index (χ3n) is 1.92. The zero-order valence-corrected chi connectivity index (χ0v) is 8.71. The Morgan fingerprint density at radius 2 is 2.18 bits per heavy atom. The molecule has 1 aliphatic rings. The lowest BCUT2D eigenvalue weighted by Crippen LogP contribution is -2.35.